The monoisotopic (exact) mass is 480 g/mol. The number of benzene rings is 2. The van der Waals surface area contributed by atoms with E-state index in [1.165, 1.54) is 11.3 Å². The Morgan fingerprint density at radius 3 is 2.70 bits per heavy atom. The molecule has 6 nitrogen and oxygen atoms in total. The standard InChI is InChI=1S/C20H24N4O2.HI/c1-21-20(24-13-10-15-6-3-4-9-18(15)24)23-12-11-22-19(25)16-7-5-8-17(14-16)26-2;/h3-9,14H,10-13H2,1-2H3,(H,21,23)(H,22,25);1H. The summed E-state index contributed by atoms with van der Waals surface area (Å²) in [7, 11) is 3.36. The summed E-state index contributed by atoms with van der Waals surface area (Å²) in [6, 6.07) is 15.5. The number of guanidine groups is 1. The van der Waals surface area contributed by atoms with Gasteiger partial charge in [-0.1, -0.05) is 24.3 Å². The summed E-state index contributed by atoms with van der Waals surface area (Å²) in [6.45, 7) is 2.01. The van der Waals surface area contributed by atoms with Crippen LogP contribution >= 0.6 is 24.0 Å². The Labute approximate surface area is 177 Å². The summed E-state index contributed by atoms with van der Waals surface area (Å²) in [5, 5.41) is 6.23. The number of para-hydroxylation sites is 1. The van der Waals surface area contributed by atoms with Gasteiger partial charge in [-0.2, -0.15) is 0 Å². The molecular formula is C20H25IN4O2. The number of carbonyl (C=O) groups excluding carboxylic acids is 1. The number of nitrogens with one attached hydrogen (secondary N) is 2. The Bertz CT molecular complexity index is 810. The first-order valence-electron chi connectivity index (χ1n) is 8.71. The fraction of sp³-hybridized carbons (Fsp3) is 0.300. The van der Waals surface area contributed by atoms with Gasteiger partial charge in [0.05, 0.1) is 7.11 Å². The van der Waals surface area contributed by atoms with Gasteiger partial charge < -0.3 is 20.3 Å². The molecular weight excluding hydrogens is 455 g/mol. The minimum atomic E-state index is -0.118. The summed E-state index contributed by atoms with van der Waals surface area (Å²) in [5.74, 6) is 1.38. The third-order valence-electron chi connectivity index (χ3n) is 4.38. The van der Waals surface area contributed by atoms with E-state index in [2.05, 4.69) is 38.7 Å². The SMILES string of the molecule is CN=C(NCCNC(=O)c1cccc(OC)c1)N1CCc2ccccc21.I. The Hall–Kier alpha value is -2.29. The highest BCUT2D eigenvalue weighted by Crippen LogP contribution is 2.27. The average Bonchev–Trinajstić information content (AvgIpc) is 3.12. The van der Waals surface area contributed by atoms with Crippen LogP contribution in [0.15, 0.2) is 53.5 Å². The van der Waals surface area contributed by atoms with E-state index in [-0.39, 0.29) is 29.9 Å². The number of halogens is 1. The van der Waals surface area contributed by atoms with Crippen LogP contribution in [0.25, 0.3) is 0 Å². The molecule has 1 amide bonds. The van der Waals surface area contributed by atoms with Crippen molar-refractivity contribution in [3.63, 3.8) is 0 Å². The topological polar surface area (TPSA) is 66.0 Å². The summed E-state index contributed by atoms with van der Waals surface area (Å²) >= 11 is 0. The molecule has 0 fully saturated rings. The summed E-state index contributed by atoms with van der Waals surface area (Å²) < 4.78 is 5.15. The van der Waals surface area contributed by atoms with Crippen LogP contribution in [-0.4, -0.2) is 45.7 Å². The van der Waals surface area contributed by atoms with Crippen molar-refractivity contribution in [3.05, 3.63) is 59.7 Å². The van der Waals surface area contributed by atoms with Gasteiger partial charge >= 0.3 is 0 Å². The highest BCUT2D eigenvalue weighted by Gasteiger charge is 2.22. The van der Waals surface area contributed by atoms with E-state index in [0.29, 0.717) is 24.4 Å². The molecule has 0 saturated carbocycles. The second-order valence-corrected chi connectivity index (χ2v) is 5.99. The molecule has 1 heterocycles. The van der Waals surface area contributed by atoms with E-state index in [4.69, 9.17) is 4.74 Å². The Kier molecular flexibility index (Phi) is 7.90. The van der Waals surface area contributed by atoms with Crippen LogP contribution in [0.4, 0.5) is 5.69 Å². The zero-order valence-corrected chi connectivity index (χ0v) is 17.9. The van der Waals surface area contributed by atoms with Gasteiger partial charge in [0.1, 0.15) is 5.75 Å². The van der Waals surface area contributed by atoms with E-state index >= 15 is 0 Å². The maximum Gasteiger partial charge on any atom is 0.251 e. The number of carbonyl (C=O) groups is 1. The number of nitrogens with zero attached hydrogens (tertiary/aromatic N) is 2. The van der Waals surface area contributed by atoms with Crippen molar-refractivity contribution in [2.75, 3.05) is 38.7 Å². The van der Waals surface area contributed by atoms with E-state index in [1.54, 1.807) is 32.4 Å². The Morgan fingerprint density at radius 2 is 1.93 bits per heavy atom. The molecule has 2 aromatic carbocycles. The molecule has 0 unspecified atom stereocenters. The zero-order chi connectivity index (χ0) is 18.4. The molecule has 0 radical (unpaired) electrons. The molecule has 27 heavy (non-hydrogen) atoms. The number of hydrogen-bond donors (Lipinski definition) is 2. The number of ether oxygens (including phenoxy) is 1. The van der Waals surface area contributed by atoms with Crippen molar-refractivity contribution in [1.29, 1.82) is 0 Å². The lowest BCUT2D eigenvalue weighted by molar-refractivity contribution is 0.0954. The predicted octanol–water partition coefficient (Wildman–Crippen LogP) is 2.68. The van der Waals surface area contributed by atoms with Crippen molar-refractivity contribution >= 4 is 41.5 Å². The van der Waals surface area contributed by atoms with Crippen LogP contribution in [0.1, 0.15) is 15.9 Å². The zero-order valence-electron chi connectivity index (χ0n) is 15.6. The number of rotatable bonds is 5. The van der Waals surface area contributed by atoms with Crippen molar-refractivity contribution in [1.82, 2.24) is 10.6 Å². The van der Waals surface area contributed by atoms with E-state index in [1.807, 2.05) is 12.1 Å². The van der Waals surface area contributed by atoms with Crippen LogP contribution < -0.4 is 20.3 Å². The molecule has 0 atom stereocenters. The second-order valence-electron chi connectivity index (χ2n) is 5.99. The molecule has 2 N–H and O–H groups in total. The molecule has 144 valence electrons. The van der Waals surface area contributed by atoms with Crippen LogP contribution in [0.3, 0.4) is 0 Å². The van der Waals surface area contributed by atoms with Gasteiger partial charge in [-0.3, -0.25) is 9.79 Å². The number of anilines is 1. The lowest BCUT2D eigenvalue weighted by Crippen LogP contribution is -2.43. The first-order chi connectivity index (χ1) is 12.7. The third-order valence-corrected chi connectivity index (χ3v) is 4.38. The first kappa shape index (κ1) is 21.0. The second kappa shape index (κ2) is 10.1. The smallest absolute Gasteiger partial charge is 0.251 e. The van der Waals surface area contributed by atoms with Gasteiger partial charge in [-0.25, -0.2) is 0 Å². The molecule has 3 rings (SSSR count). The van der Waals surface area contributed by atoms with Gasteiger partial charge in [0.2, 0.25) is 0 Å². The number of fused-ring (bicyclic) bond motifs is 1. The van der Waals surface area contributed by atoms with Crippen molar-refractivity contribution < 1.29 is 9.53 Å². The number of aliphatic imine (C=N–C) groups is 1. The molecule has 2 aromatic rings. The maximum atomic E-state index is 12.2. The van der Waals surface area contributed by atoms with E-state index < -0.39 is 0 Å². The molecule has 7 heteroatoms. The highest BCUT2D eigenvalue weighted by atomic mass is 127. The Balaban J connectivity index is 0.00000261. The van der Waals surface area contributed by atoms with Crippen LogP contribution in [0.2, 0.25) is 0 Å². The van der Waals surface area contributed by atoms with E-state index in [9.17, 15) is 4.79 Å². The fourth-order valence-electron chi connectivity index (χ4n) is 3.07. The molecule has 0 aliphatic carbocycles. The van der Waals surface area contributed by atoms with Crippen molar-refractivity contribution in [3.8, 4) is 5.75 Å². The Morgan fingerprint density at radius 1 is 1.15 bits per heavy atom. The van der Waals surface area contributed by atoms with Gasteiger partial charge in [0, 0.05) is 37.9 Å². The maximum absolute atomic E-state index is 12.2. The highest BCUT2D eigenvalue weighted by molar-refractivity contribution is 14.0. The lowest BCUT2D eigenvalue weighted by atomic mass is 10.2. The minimum absolute atomic E-state index is 0. The summed E-state index contributed by atoms with van der Waals surface area (Å²) in [6.07, 6.45) is 1.02. The van der Waals surface area contributed by atoms with Gasteiger partial charge in [-0.05, 0) is 36.2 Å². The predicted molar refractivity (Wildman–Crippen MR) is 120 cm³/mol. The van der Waals surface area contributed by atoms with Gasteiger partial charge in [-0.15, -0.1) is 24.0 Å². The normalized spacial score (nSPS) is 12.8. The van der Waals surface area contributed by atoms with Crippen LogP contribution in [0.5, 0.6) is 5.75 Å². The van der Waals surface area contributed by atoms with Crippen molar-refractivity contribution in [2.24, 2.45) is 4.99 Å². The fourth-order valence-corrected chi connectivity index (χ4v) is 3.07. The lowest BCUT2D eigenvalue weighted by Gasteiger charge is -2.22. The third kappa shape index (κ3) is 5.12. The van der Waals surface area contributed by atoms with Crippen LogP contribution in [-0.2, 0) is 6.42 Å². The molecule has 0 aromatic heterocycles. The van der Waals surface area contributed by atoms with E-state index in [0.717, 1.165) is 18.9 Å². The van der Waals surface area contributed by atoms with Crippen molar-refractivity contribution in [2.45, 2.75) is 6.42 Å². The summed E-state index contributed by atoms with van der Waals surface area (Å²) in [5.41, 5.74) is 3.12. The molecule has 0 spiro atoms. The molecule has 1 aliphatic heterocycles. The van der Waals surface area contributed by atoms with Gasteiger partial charge in [0.25, 0.3) is 5.91 Å². The number of hydrogen-bond acceptors (Lipinski definition) is 3. The molecule has 1 aliphatic rings. The largest absolute Gasteiger partial charge is 0.497 e. The number of amides is 1. The van der Waals surface area contributed by atoms with Gasteiger partial charge in [0.15, 0.2) is 5.96 Å². The number of methoxy groups -OCH3 is 1. The molecule has 0 saturated heterocycles. The summed E-state index contributed by atoms with van der Waals surface area (Å²) in [4.78, 5) is 18.8. The minimum Gasteiger partial charge on any atom is -0.497 e. The molecule has 0 bridgehead atoms. The van der Waals surface area contributed by atoms with Crippen LogP contribution in [0, 0.1) is 0 Å². The first-order valence-corrected chi connectivity index (χ1v) is 8.71. The quantitative estimate of drug-likeness (QED) is 0.299. The average molecular weight is 480 g/mol.